The van der Waals surface area contributed by atoms with Gasteiger partial charge in [0.15, 0.2) is 0 Å². The van der Waals surface area contributed by atoms with Crippen LogP contribution in [0.2, 0.25) is 0 Å². The van der Waals surface area contributed by atoms with Crippen LogP contribution in [0, 0.1) is 0 Å². The van der Waals surface area contributed by atoms with Crippen molar-refractivity contribution in [1.29, 1.82) is 0 Å². The summed E-state index contributed by atoms with van der Waals surface area (Å²) in [7, 11) is 1.24. The second kappa shape index (κ2) is 6.80. The van der Waals surface area contributed by atoms with Crippen LogP contribution in [0.3, 0.4) is 0 Å². The first-order chi connectivity index (χ1) is 10.1. The minimum Gasteiger partial charge on any atom is -0.494 e. The molecule has 2 rings (SSSR count). The number of rotatable bonds is 5. The first-order valence-corrected chi connectivity index (χ1v) is 6.87. The molecular formula is C13H13N3O4S. The standard InChI is InChI=1S/C13H13N3O4S/c1-3-20-9-6-4-8(5-7-9)11(17)15-13-14-10(16-21-13)12(18)19-2/h4-7H,3H2,1-2H3,(H,14,15,16,17). The van der Waals surface area contributed by atoms with E-state index < -0.39 is 5.97 Å². The van der Waals surface area contributed by atoms with Gasteiger partial charge in [0.2, 0.25) is 5.13 Å². The molecular weight excluding hydrogens is 294 g/mol. The highest BCUT2D eigenvalue weighted by Gasteiger charge is 2.15. The summed E-state index contributed by atoms with van der Waals surface area (Å²) in [5, 5.41) is 2.80. The van der Waals surface area contributed by atoms with Crippen molar-refractivity contribution in [2.45, 2.75) is 6.92 Å². The molecule has 0 saturated heterocycles. The third-order valence-corrected chi connectivity index (χ3v) is 3.07. The Labute approximate surface area is 125 Å². The Kier molecular flexibility index (Phi) is 4.83. The maximum Gasteiger partial charge on any atom is 0.377 e. The van der Waals surface area contributed by atoms with Crippen molar-refractivity contribution in [2.24, 2.45) is 0 Å². The van der Waals surface area contributed by atoms with Gasteiger partial charge in [0.25, 0.3) is 11.7 Å². The van der Waals surface area contributed by atoms with E-state index in [4.69, 9.17) is 4.74 Å². The SMILES string of the molecule is CCOc1ccc(C(=O)Nc2nc(C(=O)OC)ns2)cc1. The van der Waals surface area contributed by atoms with Crippen LogP contribution in [0.15, 0.2) is 24.3 Å². The summed E-state index contributed by atoms with van der Waals surface area (Å²) in [6.07, 6.45) is 0. The minimum atomic E-state index is -0.646. The average Bonchev–Trinajstić information content (AvgIpc) is 2.96. The molecule has 1 aromatic carbocycles. The number of carbonyl (C=O) groups is 2. The van der Waals surface area contributed by atoms with Crippen LogP contribution < -0.4 is 10.1 Å². The van der Waals surface area contributed by atoms with Gasteiger partial charge in [-0.15, -0.1) is 0 Å². The highest BCUT2D eigenvalue weighted by molar-refractivity contribution is 7.10. The fourth-order valence-corrected chi connectivity index (χ4v) is 2.04. The third-order valence-electron chi connectivity index (χ3n) is 2.44. The van der Waals surface area contributed by atoms with E-state index in [1.54, 1.807) is 24.3 Å². The smallest absolute Gasteiger partial charge is 0.377 e. The van der Waals surface area contributed by atoms with Crippen LogP contribution >= 0.6 is 11.5 Å². The van der Waals surface area contributed by atoms with Gasteiger partial charge in [-0.3, -0.25) is 10.1 Å². The number of anilines is 1. The molecule has 1 heterocycles. The van der Waals surface area contributed by atoms with Gasteiger partial charge in [0.1, 0.15) is 5.75 Å². The van der Waals surface area contributed by atoms with Gasteiger partial charge >= 0.3 is 5.97 Å². The molecule has 0 saturated carbocycles. The molecule has 0 bridgehead atoms. The van der Waals surface area contributed by atoms with Crippen molar-refractivity contribution >= 4 is 28.5 Å². The molecule has 0 radical (unpaired) electrons. The lowest BCUT2D eigenvalue weighted by Gasteiger charge is -2.04. The summed E-state index contributed by atoms with van der Waals surface area (Å²) >= 11 is 0.909. The van der Waals surface area contributed by atoms with Crippen molar-refractivity contribution in [3.63, 3.8) is 0 Å². The maximum atomic E-state index is 12.0. The van der Waals surface area contributed by atoms with Crippen LogP contribution in [-0.2, 0) is 4.74 Å². The summed E-state index contributed by atoms with van der Waals surface area (Å²) in [5.41, 5.74) is 0.452. The molecule has 0 atom stereocenters. The number of aromatic nitrogens is 2. The second-order valence-corrected chi connectivity index (χ2v) is 4.58. The lowest BCUT2D eigenvalue weighted by Crippen LogP contribution is -2.12. The Morgan fingerprint density at radius 1 is 1.29 bits per heavy atom. The highest BCUT2D eigenvalue weighted by atomic mass is 32.1. The Hall–Kier alpha value is -2.48. The molecule has 0 fully saturated rings. The first kappa shape index (κ1) is 14.9. The minimum absolute atomic E-state index is 0.0792. The molecule has 8 heteroatoms. The Bertz CT molecular complexity index is 639. The fourth-order valence-electron chi connectivity index (χ4n) is 1.49. The summed E-state index contributed by atoms with van der Waals surface area (Å²) in [6, 6.07) is 6.70. The number of hydrogen-bond donors (Lipinski definition) is 1. The molecule has 0 spiro atoms. The molecule has 21 heavy (non-hydrogen) atoms. The van der Waals surface area contributed by atoms with Gasteiger partial charge < -0.3 is 9.47 Å². The van der Waals surface area contributed by atoms with E-state index in [0.717, 1.165) is 11.5 Å². The predicted molar refractivity (Wildman–Crippen MR) is 76.8 cm³/mol. The lowest BCUT2D eigenvalue weighted by atomic mass is 10.2. The van der Waals surface area contributed by atoms with Crippen molar-refractivity contribution < 1.29 is 19.1 Å². The van der Waals surface area contributed by atoms with E-state index in [-0.39, 0.29) is 16.9 Å². The van der Waals surface area contributed by atoms with E-state index in [9.17, 15) is 9.59 Å². The molecule has 1 amide bonds. The number of nitrogens with one attached hydrogen (secondary N) is 1. The first-order valence-electron chi connectivity index (χ1n) is 6.10. The molecule has 0 aliphatic carbocycles. The number of carbonyl (C=O) groups excluding carboxylic acids is 2. The number of hydrogen-bond acceptors (Lipinski definition) is 7. The van der Waals surface area contributed by atoms with E-state index in [0.29, 0.717) is 17.9 Å². The van der Waals surface area contributed by atoms with E-state index in [1.807, 2.05) is 6.92 Å². The van der Waals surface area contributed by atoms with Gasteiger partial charge in [-0.25, -0.2) is 4.79 Å². The van der Waals surface area contributed by atoms with Crippen LogP contribution in [0.25, 0.3) is 0 Å². The molecule has 1 aromatic heterocycles. The highest BCUT2D eigenvalue weighted by Crippen LogP contribution is 2.16. The maximum absolute atomic E-state index is 12.0. The molecule has 0 aliphatic heterocycles. The summed E-state index contributed by atoms with van der Waals surface area (Å²) in [5.74, 6) is -0.374. The van der Waals surface area contributed by atoms with Gasteiger partial charge in [0.05, 0.1) is 13.7 Å². The molecule has 0 aliphatic rings. The molecule has 7 nitrogen and oxygen atoms in total. The summed E-state index contributed by atoms with van der Waals surface area (Å²) < 4.78 is 13.6. The molecule has 0 unspecified atom stereocenters. The largest absolute Gasteiger partial charge is 0.494 e. The van der Waals surface area contributed by atoms with Crippen LogP contribution in [0.4, 0.5) is 5.13 Å². The number of esters is 1. The van der Waals surface area contributed by atoms with Crippen molar-refractivity contribution in [3.8, 4) is 5.75 Å². The number of methoxy groups -OCH3 is 1. The Morgan fingerprint density at radius 3 is 2.62 bits per heavy atom. The van der Waals surface area contributed by atoms with Crippen molar-refractivity contribution in [2.75, 3.05) is 19.0 Å². The normalized spacial score (nSPS) is 10.0. The summed E-state index contributed by atoms with van der Waals surface area (Å²) in [4.78, 5) is 27.1. The zero-order valence-corrected chi connectivity index (χ0v) is 12.3. The van der Waals surface area contributed by atoms with Crippen molar-refractivity contribution in [1.82, 2.24) is 9.36 Å². The second-order valence-electron chi connectivity index (χ2n) is 3.83. The Morgan fingerprint density at radius 2 is 2.00 bits per heavy atom. The number of amides is 1. The molecule has 2 aromatic rings. The predicted octanol–water partition coefficient (Wildman–Crippen LogP) is 1.98. The number of benzene rings is 1. The van der Waals surface area contributed by atoms with E-state index in [2.05, 4.69) is 19.4 Å². The quantitative estimate of drug-likeness (QED) is 0.849. The third kappa shape index (κ3) is 3.76. The van der Waals surface area contributed by atoms with E-state index in [1.165, 1.54) is 7.11 Å². The van der Waals surface area contributed by atoms with Crippen LogP contribution in [0.1, 0.15) is 27.9 Å². The number of ether oxygens (including phenoxy) is 2. The zero-order valence-electron chi connectivity index (χ0n) is 11.5. The van der Waals surface area contributed by atoms with Gasteiger partial charge in [-0.1, -0.05) is 0 Å². The van der Waals surface area contributed by atoms with Crippen molar-refractivity contribution in [3.05, 3.63) is 35.7 Å². The lowest BCUT2D eigenvalue weighted by molar-refractivity contribution is 0.0588. The number of nitrogens with zero attached hydrogens (tertiary/aromatic N) is 2. The average molecular weight is 307 g/mol. The van der Waals surface area contributed by atoms with E-state index >= 15 is 0 Å². The molecule has 1 N–H and O–H groups in total. The monoisotopic (exact) mass is 307 g/mol. The Balaban J connectivity index is 2.03. The van der Waals surface area contributed by atoms with Gasteiger partial charge in [-0.05, 0) is 31.2 Å². The van der Waals surface area contributed by atoms with Crippen LogP contribution in [-0.4, -0.2) is 35.0 Å². The molecule has 110 valence electrons. The zero-order chi connectivity index (χ0) is 15.2. The summed E-state index contributed by atoms with van der Waals surface area (Å²) in [6.45, 7) is 2.45. The van der Waals surface area contributed by atoms with Gasteiger partial charge in [-0.2, -0.15) is 9.36 Å². The fraction of sp³-hybridized carbons (Fsp3) is 0.231. The van der Waals surface area contributed by atoms with Crippen LogP contribution in [0.5, 0.6) is 5.75 Å². The van der Waals surface area contributed by atoms with Gasteiger partial charge in [0, 0.05) is 17.1 Å². The topological polar surface area (TPSA) is 90.4 Å².